The number of hydrogen-bond donors (Lipinski definition) is 1. The molecule has 18 heavy (non-hydrogen) atoms. The number of hydrogen-bond acceptors (Lipinski definition) is 3. The summed E-state index contributed by atoms with van der Waals surface area (Å²) in [6.45, 7) is 4.34. The molecule has 3 atom stereocenters. The molecule has 0 amide bonds. The summed E-state index contributed by atoms with van der Waals surface area (Å²) in [5.41, 5.74) is 1.13. The van der Waals surface area contributed by atoms with Crippen LogP contribution in [-0.2, 0) is 0 Å². The normalized spacial score (nSPS) is 25.9. The van der Waals surface area contributed by atoms with Gasteiger partial charge >= 0.3 is 0 Å². The van der Waals surface area contributed by atoms with Crippen LogP contribution in [0.25, 0.3) is 0 Å². The number of nitrogens with zero attached hydrogens (tertiary/aromatic N) is 2. The minimum Gasteiger partial charge on any atom is -0.310 e. The zero-order valence-corrected chi connectivity index (χ0v) is 11.8. The number of rotatable bonds is 4. The largest absolute Gasteiger partial charge is 0.310 e. The van der Waals surface area contributed by atoms with Gasteiger partial charge in [-0.05, 0) is 44.2 Å². The molecule has 1 aromatic heterocycles. The van der Waals surface area contributed by atoms with Crippen LogP contribution in [0.15, 0.2) is 12.4 Å². The van der Waals surface area contributed by atoms with Gasteiger partial charge in [0.15, 0.2) is 0 Å². The average molecular weight is 247 g/mol. The maximum absolute atomic E-state index is 4.50. The Kier molecular flexibility index (Phi) is 4.70. The minimum atomic E-state index is 0.319. The van der Waals surface area contributed by atoms with Crippen molar-refractivity contribution in [3.63, 3.8) is 0 Å². The highest BCUT2D eigenvalue weighted by atomic mass is 15.0. The molecule has 1 heterocycles. The van der Waals surface area contributed by atoms with Gasteiger partial charge in [-0.2, -0.15) is 0 Å². The molecule has 2 rings (SSSR count). The average Bonchev–Trinajstić information content (AvgIpc) is 2.42. The van der Waals surface area contributed by atoms with Crippen LogP contribution < -0.4 is 5.32 Å². The Morgan fingerprint density at radius 2 is 2.06 bits per heavy atom. The van der Waals surface area contributed by atoms with E-state index in [1.807, 2.05) is 26.4 Å². The standard InChI is InChI=1S/C15H25N3/c1-4-12-6-5-7-13(8-12)14(16-3)15-17-9-11(2)10-18-15/h9-10,12-14,16H,4-8H2,1-3H3. The molecule has 0 saturated heterocycles. The van der Waals surface area contributed by atoms with E-state index >= 15 is 0 Å². The van der Waals surface area contributed by atoms with E-state index < -0.39 is 0 Å². The molecular weight excluding hydrogens is 222 g/mol. The summed E-state index contributed by atoms with van der Waals surface area (Å²) in [7, 11) is 2.03. The fourth-order valence-corrected chi connectivity index (χ4v) is 3.14. The predicted molar refractivity (Wildman–Crippen MR) is 74.3 cm³/mol. The van der Waals surface area contributed by atoms with Crippen LogP contribution in [0.5, 0.6) is 0 Å². The molecule has 1 aliphatic rings. The summed E-state index contributed by atoms with van der Waals surface area (Å²) < 4.78 is 0. The summed E-state index contributed by atoms with van der Waals surface area (Å²) in [6.07, 6.45) is 10.5. The van der Waals surface area contributed by atoms with Crippen molar-refractivity contribution in [1.29, 1.82) is 0 Å². The molecular formula is C15H25N3. The smallest absolute Gasteiger partial charge is 0.145 e. The van der Waals surface area contributed by atoms with Gasteiger partial charge in [-0.15, -0.1) is 0 Å². The molecule has 0 radical (unpaired) electrons. The van der Waals surface area contributed by atoms with Crippen LogP contribution in [0.2, 0.25) is 0 Å². The molecule has 1 saturated carbocycles. The van der Waals surface area contributed by atoms with Crippen molar-refractivity contribution in [2.75, 3.05) is 7.05 Å². The Bertz CT molecular complexity index is 361. The third-order valence-corrected chi connectivity index (χ3v) is 4.26. The van der Waals surface area contributed by atoms with Crippen LogP contribution in [0.4, 0.5) is 0 Å². The zero-order valence-electron chi connectivity index (χ0n) is 11.8. The number of aryl methyl sites for hydroxylation is 1. The third-order valence-electron chi connectivity index (χ3n) is 4.26. The lowest BCUT2D eigenvalue weighted by Gasteiger charge is -2.33. The summed E-state index contributed by atoms with van der Waals surface area (Å²) in [5.74, 6) is 2.55. The van der Waals surface area contributed by atoms with E-state index in [9.17, 15) is 0 Å². The second-order valence-corrected chi connectivity index (χ2v) is 5.59. The lowest BCUT2D eigenvalue weighted by atomic mass is 9.76. The highest BCUT2D eigenvalue weighted by Crippen LogP contribution is 2.37. The van der Waals surface area contributed by atoms with Gasteiger partial charge in [-0.3, -0.25) is 0 Å². The lowest BCUT2D eigenvalue weighted by Crippen LogP contribution is -2.30. The number of aromatic nitrogens is 2. The lowest BCUT2D eigenvalue weighted by molar-refractivity contribution is 0.210. The van der Waals surface area contributed by atoms with E-state index in [2.05, 4.69) is 22.2 Å². The summed E-state index contributed by atoms with van der Waals surface area (Å²) in [5, 5.41) is 3.43. The highest BCUT2D eigenvalue weighted by molar-refractivity contribution is 5.06. The van der Waals surface area contributed by atoms with Gasteiger partial charge in [0.2, 0.25) is 0 Å². The molecule has 0 spiro atoms. The topological polar surface area (TPSA) is 37.8 Å². The highest BCUT2D eigenvalue weighted by Gasteiger charge is 2.29. The zero-order chi connectivity index (χ0) is 13.0. The monoisotopic (exact) mass is 247 g/mol. The van der Waals surface area contributed by atoms with Gasteiger partial charge in [-0.1, -0.05) is 26.2 Å². The second kappa shape index (κ2) is 6.28. The summed E-state index contributed by atoms with van der Waals surface area (Å²) >= 11 is 0. The Labute approximate surface area is 110 Å². The minimum absolute atomic E-state index is 0.319. The van der Waals surface area contributed by atoms with E-state index in [0.29, 0.717) is 12.0 Å². The molecule has 0 aliphatic heterocycles. The molecule has 0 aromatic carbocycles. The maximum atomic E-state index is 4.50. The summed E-state index contributed by atoms with van der Waals surface area (Å²) in [4.78, 5) is 9.00. The summed E-state index contributed by atoms with van der Waals surface area (Å²) in [6, 6.07) is 0.319. The van der Waals surface area contributed by atoms with Crippen LogP contribution in [0.1, 0.15) is 56.5 Å². The van der Waals surface area contributed by atoms with Crippen LogP contribution >= 0.6 is 0 Å². The quantitative estimate of drug-likeness (QED) is 0.887. The van der Waals surface area contributed by atoms with E-state index in [1.54, 1.807) is 0 Å². The van der Waals surface area contributed by atoms with Gasteiger partial charge < -0.3 is 5.32 Å². The van der Waals surface area contributed by atoms with Crippen LogP contribution in [-0.4, -0.2) is 17.0 Å². The van der Waals surface area contributed by atoms with E-state index in [4.69, 9.17) is 0 Å². The third kappa shape index (κ3) is 3.08. The first-order chi connectivity index (χ1) is 8.74. The fourth-order valence-electron chi connectivity index (χ4n) is 3.14. The van der Waals surface area contributed by atoms with Crippen molar-refractivity contribution in [2.24, 2.45) is 11.8 Å². The molecule has 1 aliphatic carbocycles. The molecule has 1 aromatic rings. The van der Waals surface area contributed by atoms with Crippen molar-refractivity contribution in [3.05, 3.63) is 23.8 Å². The number of nitrogens with one attached hydrogen (secondary N) is 1. The molecule has 1 N–H and O–H groups in total. The van der Waals surface area contributed by atoms with Crippen LogP contribution in [0.3, 0.4) is 0 Å². The van der Waals surface area contributed by atoms with E-state index in [-0.39, 0.29) is 0 Å². The molecule has 3 heteroatoms. The maximum Gasteiger partial charge on any atom is 0.145 e. The van der Waals surface area contributed by atoms with Crippen LogP contribution in [0, 0.1) is 18.8 Å². The van der Waals surface area contributed by atoms with Crippen molar-refractivity contribution < 1.29 is 0 Å². The van der Waals surface area contributed by atoms with Gasteiger partial charge in [0.1, 0.15) is 5.82 Å². The molecule has 0 bridgehead atoms. The first-order valence-electron chi connectivity index (χ1n) is 7.20. The molecule has 3 unspecified atom stereocenters. The SMILES string of the molecule is CCC1CCCC(C(NC)c2ncc(C)cn2)C1. The first kappa shape index (κ1) is 13.5. The van der Waals surface area contributed by atoms with Crippen molar-refractivity contribution >= 4 is 0 Å². The molecule has 100 valence electrons. The molecule has 1 fully saturated rings. The van der Waals surface area contributed by atoms with Gasteiger partial charge in [0.05, 0.1) is 6.04 Å². The first-order valence-corrected chi connectivity index (χ1v) is 7.20. The predicted octanol–water partition coefficient (Wildman–Crippen LogP) is 3.26. The van der Waals surface area contributed by atoms with Gasteiger partial charge in [0, 0.05) is 12.4 Å². The van der Waals surface area contributed by atoms with E-state index in [0.717, 1.165) is 17.3 Å². The van der Waals surface area contributed by atoms with Crippen molar-refractivity contribution in [3.8, 4) is 0 Å². The Balaban J connectivity index is 2.10. The van der Waals surface area contributed by atoms with Crippen molar-refractivity contribution in [2.45, 2.75) is 52.0 Å². The Morgan fingerprint density at radius 3 is 2.67 bits per heavy atom. The van der Waals surface area contributed by atoms with Crippen molar-refractivity contribution in [1.82, 2.24) is 15.3 Å². The Morgan fingerprint density at radius 1 is 1.33 bits per heavy atom. The van der Waals surface area contributed by atoms with Gasteiger partial charge in [0.25, 0.3) is 0 Å². The second-order valence-electron chi connectivity index (χ2n) is 5.59. The Hall–Kier alpha value is -0.960. The van der Waals surface area contributed by atoms with E-state index in [1.165, 1.54) is 32.1 Å². The molecule has 3 nitrogen and oxygen atoms in total. The van der Waals surface area contributed by atoms with Gasteiger partial charge in [-0.25, -0.2) is 9.97 Å². The fraction of sp³-hybridized carbons (Fsp3) is 0.733.